The van der Waals surface area contributed by atoms with Gasteiger partial charge in [0.05, 0.1) is 25.0 Å². The summed E-state index contributed by atoms with van der Waals surface area (Å²) in [6.45, 7) is 1.98. The Morgan fingerprint density at radius 2 is 2.08 bits per heavy atom. The van der Waals surface area contributed by atoms with Gasteiger partial charge in [-0.2, -0.15) is 0 Å². The highest BCUT2D eigenvalue weighted by Gasteiger charge is 2.25. The number of hydrogen-bond acceptors (Lipinski definition) is 5. The number of hydrogen-bond donors (Lipinski definition) is 0. The van der Waals surface area contributed by atoms with E-state index in [1.807, 2.05) is 17.0 Å². The molecule has 6 heteroatoms. The molecular formula is C19H21N3O3. The number of carbonyl (C=O) groups is 1. The summed E-state index contributed by atoms with van der Waals surface area (Å²) < 4.78 is 10.8. The van der Waals surface area contributed by atoms with Crippen LogP contribution in [0.2, 0.25) is 0 Å². The van der Waals surface area contributed by atoms with Crippen LogP contribution in [0.3, 0.4) is 0 Å². The van der Waals surface area contributed by atoms with Crippen molar-refractivity contribution >= 4 is 5.91 Å². The highest BCUT2D eigenvalue weighted by atomic mass is 16.5. The monoisotopic (exact) mass is 339 g/mol. The van der Waals surface area contributed by atoms with Crippen LogP contribution in [0, 0.1) is 5.92 Å². The zero-order valence-electron chi connectivity index (χ0n) is 14.3. The molecule has 0 radical (unpaired) electrons. The molecule has 0 N–H and O–H groups in total. The summed E-state index contributed by atoms with van der Waals surface area (Å²) in [4.78, 5) is 23.2. The molecule has 4 rings (SSSR count). The third-order valence-corrected chi connectivity index (χ3v) is 4.67. The van der Waals surface area contributed by atoms with Crippen LogP contribution in [0.25, 0.3) is 0 Å². The van der Waals surface area contributed by atoms with Gasteiger partial charge in [-0.3, -0.25) is 4.79 Å². The molecule has 1 amide bonds. The fourth-order valence-corrected chi connectivity index (χ4v) is 2.95. The zero-order chi connectivity index (χ0) is 17.2. The molecule has 0 atom stereocenters. The number of fused-ring (bicyclic) bond motifs is 1. The van der Waals surface area contributed by atoms with E-state index in [0.29, 0.717) is 36.3 Å². The van der Waals surface area contributed by atoms with Crippen molar-refractivity contribution in [2.75, 3.05) is 20.3 Å². The normalized spacial score (nSPS) is 16.3. The lowest BCUT2D eigenvalue weighted by atomic mass is 10.0. The van der Waals surface area contributed by atoms with Gasteiger partial charge in [0, 0.05) is 37.8 Å². The van der Waals surface area contributed by atoms with Crippen molar-refractivity contribution < 1.29 is 14.3 Å². The summed E-state index contributed by atoms with van der Waals surface area (Å²) in [7, 11) is 1.56. The lowest BCUT2D eigenvalue weighted by molar-refractivity contribution is 0.0733. The summed E-state index contributed by atoms with van der Waals surface area (Å²) in [5.74, 6) is 1.90. The molecule has 1 aliphatic carbocycles. The summed E-state index contributed by atoms with van der Waals surface area (Å²) in [6, 6.07) is 7.38. The van der Waals surface area contributed by atoms with Gasteiger partial charge in [0.2, 0.25) is 11.8 Å². The number of ether oxygens (including phenoxy) is 2. The number of amides is 1. The topological polar surface area (TPSA) is 64.5 Å². The third-order valence-electron chi connectivity index (χ3n) is 4.67. The zero-order valence-corrected chi connectivity index (χ0v) is 14.3. The summed E-state index contributed by atoms with van der Waals surface area (Å²) >= 11 is 0. The largest absolute Gasteiger partial charge is 0.481 e. The Morgan fingerprint density at radius 1 is 1.24 bits per heavy atom. The Morgan fingerprint density at radius 3 is 2.80 bits per heavy atom. The van der Waals surface area contributed by atoms with Gasteiger partial charge < -0.3 is 14.4 Å². The van der Waals surface area contributed by atoms with Crippen molar-refractivity contribution in [2.24, 2.45) is 5.92 Å². The van der Waals surface area contributed by atoms with Gasteiger partial charge in [-0.05, 0) is 30.4 Å². The van der Waals surface area contributed by atoms with Gasteiger partial charge in [0.15, 0.2) is 0 Å². The quantitative estimate of drug-likeness (QED) is 0.837. The van der Waals surface area contributed by atoms with Crippen molar-refractivity contribution in [3.63, 3.8) is 0 Å². The number of aromatic nitrogens is 2. The van der Waals surface area contributed by atoms with E-state index in [0.717, 1.165) is 24.3 Å². The predicted molar refractivity (Wildman–Crippen MR) is 91.7 cm³/mol. The van der Waals surface area contributed by atoms with Gasteiger partial charge in [0.1, 0.15) is 0 Å². The lowest BCUT2D eigenvalue weighted by Gasteiger charge is -2.28. The second-order valence-corrected chi connectivity index (χ2v) is 6.58. The fraction of sp³-hybridized carbons (Fsp3) is 0.421. The Balaban J connectivity index is 1.43. The standard InChI is InChI=1S/C19H21N3O3/c1-24-17-6-4-14(10-20-17)19(23)22-9-8-16-15(11-22)5-7-18(21-16)25-12-13-2-3-13/h4-7,10,13H,2-3,8-9,11-12H2,1H3. The van der Waals surface area contributed by atoms with Crippen LogP contribution < -0.4 is 9.47 Å². The first-order chi connectivity index (χ1) is 12.2. The molecule has 2 aromatic rings. The number of nitrogens with zero attached hydrogens (tertiary/aromatic N) is 3. The Hall–Kier alpha value is -2.63. The molecule has 130 valence electrons. The van der Waals surface area contributed by atoms with Crippen molar-refractivity contribution in [3.8, 4) is 11.8 Å². The van der Waals surface area contributed by atoms with Crippen LogP contribution in [-0.4, -0.2) is 41.0 Å². The van der Waals surface area contributed by atoms with Crippen molar-refractivity contribution in [3.05, 3.63) is 47.3 Å². The molecule has 0 aromatic carbocycles. The summed E-state index contributed by atoms with van der Waals surface area (Å²) in [6.07, 6.45) is 4.83. The van der Waals surface area contributed by atoms with E-state index in [9.17, 15) is 4.79 Å². The molecule has 1 saturated carbocycles. The van der Waals surface area contributed by atoms with E-state index >= 15 is 0 Å². The number of pyridine rings is 2. The average Bonchev–Trinajstić information content (AvgIpc) is 3.50. The molecule has 0 unspecified atom stereocenters. The highest BCUT2D eigenvalue weighted by molar-refractivity contribution is 5.94. The van der Waals surface area contributed by atoms with Gasteiger partial charge in [-0.1, -0.05) is 6.07 Å². The van der Waals surface area contributed by atoms with E-state index in [2.05, 4.69) is 9.97 Å². The van der Waals surface area contributed by atoms with Crippen LogP contribution in [0.15, 0.2) is 30.5 Å². The van der Waals surface area contributed by atoms with Gasteiger partial charge in [0.25, 0.3) is 5.91 Å². The second kappa shape index (κ2) is 6.70. The second-order valence-electron chi connectivity index (χ2n) is 6.58. The number of methoxy groups -OCH3 is 1. The van der Waals surface area contributed by atoms with Crippen LogP contribution in [-0.2, 0) is 13.0 Å². The first kappa shape index (κ1) is 15.9. The minimum absolute atomic E-state index is 0.0186. The maximum Gasteiger partial charge on any atom is 0.255 e. The van der Waals surface area contributed by atoms with E-state index in [4.69, 9.17) is 9.47 Å². The number of rotatable bonds is 5. The molecule has 25 heavy (non-hydrogen) atoms. The lowest BCUT2D eigenvalue weighted by Crippen LogP contribution is -2.36. The number of carbonyl (C=O) groups excluding carboxylic acids is 1. The minimum Gasteiger partial charge on any atom is -0.481 e. The molecule has 0 bridgehead atoms. The van der Waals surface area contributed by atoms with Gasteiger partial charge in [-0.15, -0.1) is 0 Å². The predicted octanol–water partition coefficient (Wildman–Crippen LogP) is 2.47. The van der Waals surface area contributed by atoms with Crippen LogP contribution in [0.5, 0.6) is 11.8 Å². The van der Waals surface area contributed by atoms with E-state index in [1.54, 1.807) is 25.4 Å². The minimum atomic E-state index is -0.0186. The van der Waals surface area contributed by atoms with Crippen molar-refractivity contribution in [1.29, 1.82) is 0 Å². The SMILES string of the molecule is COc1ccc(C(=O)N2CCc3nc(OCC4CC4)ccc3C2)cn1. The Bertz CT molecular complexity index is 772. The maximum atomic E-state index is 12.7. The van der Waals surface area contributed by atoms with E-state index < -0.39 is 0 Å². The van der Waals surface area contributed by atoms with Gasteiger partial charge in [-0.25, -0.2) is 9.97 Å². The molecule has 2 aliphatic rings. The third kappa shape index (κ3) is 3.57. The smallest absolute Gasteiger partial charge is 0.255 e. The molecule has 0 saturated heterocycles. The Labute approximate surface area is 146 Å². The van der Waals surface area contributed by atoms with Gasteiger partial charge >= 0.3 is 0 Å². The molecule has 1 aliphatic heterocycles. The highest BCUT2D eigenvalue weighted by Crippen LogP contribution is 2.29. The fourth-order valence-electron chi connectivity index (χ4n) is 2.95. The molecular weight excluding hydrogens is 318 g/mol. The van der Waals surface area contributed by atoms with Crippen molar-refractivity contribution in [1.82, 2.24) is 14.9 Å². The molecule has 1 fully saturated rings. The van der Waals surface area contributed by atoms with Crippen molar-refractivity contribution in [2.45, 2.75) is 25.8 Å². The molecule has 6 nitrogen and oxygen atoms in total. The van der Waals surface area contributed by atoms with E-state index in [-0.39, 0.29) is 5.91 Å². The Kier molecular flexibility index (Phi) is 4.26. The molecule has 2 aromatic heterocycles. The molecule has 3 heterocycles. The summed E-state index contributed by atoms with van der Waals surface area (Å²) in [5, 5.41) is 0. The first-order valence-corrected chi connectivity index (χ1v) is 8.64. The summed E-state index contributed by atoms with van der Waals surface area (Å²) in [5.41, 5.74) is 2.69. The first-order valence-electron chi connectivity index (χ1n) is 8.64. The maximum absolute atomic E-state index is 12.7. The van der Waals surface area contributed by atoms with E-state index in [1.165, 1.54) is 12.8 Å². The van der Waals surface area contributed by atoms with Crippen LogP contribution in [0.4, 0.5) is 0 Å². The average molecular weight is 339 g/mol. The van der Waals surface area contributed by atoms with Crippen LogP contribution >= 0.6 is 0 Å². The molecule has 0 spiro atoms. The van der Waals surface area contributed by atoms with Crippen LogP contribution in [0.1, 0.15) is 34.5 Å².